The normalized spacial score (nSPS) is 10.4. The molecule has 0 atom stereocenters. The Hall–Kier alpha value is -1.82. The van der Waals surface area contributed by atoms with Gasteiger partial charge in [0.25, 0.3) is 5.56 Å². The molecule has 0 spiro atoms. The summed E-state index contributed by atoms with van der Waals surface area (Å²) in [5, 5.41) is 8.90. The molecule has 17 heavy (non-hydrogen) atoms. The molecule has 0 bridgehead atoms. The van der Waals surface area contributed by atoms with Crippen LogP contribution in [0.15, 0.2) is 44.3 Å². The molecule has 0 saturated carbocycles. The van der Waals surface area contributed by atoms with Crippen LogP contribution in [0.4, 0.5) is 0 Å². The van der Waals surface area contributed by atoms with Gasteiger partial charge in [-0.05, 0) is 34.1 Å². The molecule has 0 aliphatic heterocycles. The van der Waals surface area contributed by atoms with E-state index in [0.29, 0.717) is 4.47 Å². The molecule has 2 rings (SSSR count). The molecule has 0 fully saturated rings. The quantitative estimate of drug-likeness (QED) is 0.940. The van der Waals surface area contributed by atoms with Crippen molar-refractivity contribution in [2.24, 2.45) is 0 Å². The summed E-state index contributed by atoms with van der Waals surface area (Å²) in [6.45, 7) is 0.0902. The highest BCUT2D eigenvalue weighted by atomic mass is 79.9. The lowest BCUT2D eigenvalue weighted by Crippen LogP contribution is -2.20. The number of aromatic carboxylic acids is 1. The molecule has 88 valence electrons. The Kier molecular flexibility index (Phi) is 3.14. The van der Waals surface area contributed by atoms with E-state index in [1.54, 1.807) is 18.3 Å². The largest absolute Gasteiger partial charge is 0.478 e. The molecule has 2 heterocycles. The second kappa shape index (κ2) is 4.58. The van der Waals surface area contributed by atoms with Crippen LogP contribution in [0.1, 0.15) is 16.1 Å². The second-order valence-corrected chi connectivity index (χ2v) is 4.21. The Morgan fingerprint density at radius 3 is 2.94 bits per heavy atom. The Morgan fingerprint density at radius 2 is 2.24 bits per heavy atom. The predicted octanol–water partition coefficient (Wildman–Crippen LogP) is 1.95. The fourth-order valence-corrected chi connectivity index (χ4v) is 1.82. The molecule has 0 aromatic carbocycles. The van der Waals surface area contributed by atoms with E-state index in [4.69, 9.17) is 9.52 Å². The molecule has 2 aromatic rings. The van der Waals surface area contributed by atoms with Crippen LogP contribution in [-0.4, -0.2) is 15.6 Å². The van der Waals surface area contributed by atoms with Gasteiger partial charge in [-0.15, -0.1) is 0 Å². The highest BCUT2D eigenvalue weighted by Gasteiger charge is 2.14. The van der Waals surface area contributed by atoms with Crippen molar-refractivity contribution in [3.05, 3.63) is 56.8 Å². The highest BCUT2D eigenvalue weighted by Crippen LogP contribution is 2.12. The van der Waals surface area contributed by atoms with E-state index in [0.717, 1.165) is 0 Å². The Balaban J connectivity index is 2.38. The number of rotatable bonds is 3. The summed E-state index contributed by atoms with van der Waals surface area (Å²) < 4.78 is 6.86. The van der Waals surface area contributed by atoms with Gasteiger partial charge in [0.1, 0.15) is 11.3 Å². The van der Waals surface area contributed by atoms with Crippen LogP contribution in [0.2, 0.25) is 0 Å². The first-order chi connectivity index (χ1) is 8.09. The predicted molar refractivity (Wildman–Crippen MR) is 63.2 cm³/mol. The van der Waals surface area contributed by atoms with Gasteiger partial charge in [0.05, 0.1) is 17.3 Å². The molecular formula is C11H8BrNO4. The summed E-state index contributed by atoms with van der Waals surface area (Å²) in [4.78, 5) is 22.6. The van der Waals surface area contributed by atoms with Gasteiger partial charge in [-0.25, -0.2) is 4.79 Å². The SMILES string of the molecule is O=C(O)c1ccoc1Cn1cccc(Br)c1=O. The molecule has 5 nitrogen and oxygen atoms in total. The number of carboxylic acids is 1. The van der Waals surface area contributed by atoms with Gasteiger partial charge in [-0.3, -0.25) is 4.79 Å². The van der Waals surface area contributed by atoms with E-state index in [1.807, 2.05) is 0 Å². The van der Waals surface area contributed by atoms with Crippen LogP contribution >= 0.6 is 15.9 Å². The van der Waals surface area contributed by atoms with Crippen molar-refractivity contribution in [1.82, 2.24) is 4.57 Å². The molecule has 0 unspecified atom stereocenters. The fraction of sp³-hybridized carbons (Fsp3) is 0.0909. The van der Waals surface area contributed by atoms with Gasteiger partial charge in [-0.2, -0.15) is 0 Å². The van der Waals surface area contributed by atoms with E-state index >= 15 is 0 Å². The summed E-state index contributed by atoms with van der Waals surface area (Å²) in [6, 6.07) is 4.68. The number of nitrogens with zero attached hydrogens (tertiary/aromatic N) is 1. The number of pyridine rings is 1. The smallest absolute Gasteiger partial charge is 0.339 e. The van der Waals surface area contributed by atoms with E-state index < -0.39 is 5.97 Å². The van der Waals surface area contributed by atoms with Crippen LogP contribution in [0.5, 0.6) is 0 Å². The zero-order chi connectivity index (χ0) is 12.4. The number of halogens is 1. The summed E-state index contributed by atoms with van der Waals surface area (Å²) >= 11 is 3.12. The number of carboxylic acid groups (broad SMARTS) is 1. The zero-order valence-corrected chi connectivity index (χ0v) is 10.2. The molecular weight excluding hydrogens is 290 g/mol. The molecule has 0 amide bonds. The Labute approximate surface area is 104 Å². The van der Waals surface area contributed by atoms with E-state index in [-0.39, 0.29) is 23.4 Å². The first kappa shape index (κ1) is 11.7. The molecule has 1 N–H and O–H groups in total. The maximum absolute atomic E-state index is 11.7. The average molecular weight is 298 g/mol. The highest BCUT2D eigenvalue weighted by molar-refractivity contribution is 9.10. The minimum Gasteiger partial charge on any atom is -0.478 e. The Bertz CT molecular complexity index is 614. The van der Waals surface area contributed by atoms with Gasteiger partial charge in [0.2, 0.25) is 0 Å². The molecule has 2 aromatic heterocycles. The number of hydrogen-bond donors (Lipinski definition) is 1. The van der Waals surface area contributed by atoms with E-state index in [9.17, 15) is 9.59 Å². The van der Waals surface area contributed by atoms with Crippen LogP contribution in [0.25, 0.3) is 0 Å². The number of furan rings is 1. The van der Waals surface area contributed by atoms with Gasteiger partial charge in [0.15, 0.2) is 0 Å². The molecule has 0 aliphatic rings. The fourth-order valence-electron chi connectivity index (χ4n) is 1.44. The minimum absolute atomic E-state index is 0.0666. The third-order valence-electron chi connectivity index (χ3n) is 2.26. The third kappa shape index (κ3) is 2.31. The number of carbonyl (C=O) groups is 1. The van der Waals surface area contributed by atoms with Crippen molar-refractivity contribution in [2.45, 2.75) is 6.54 Å². The maximum atomic E-state index is 11.7. The van der Waals surface area contributed by atoms with Crippen molar-refractivity contribution in [2.75, 3.05) is 0 Å². The van der Waals surface area contributed by atoms with Gasteiger partial charge in [0, 0.05) is 6.20 Å². The minimum atomic E-state index is -1.07. The summed E-state index contributed by atoms with van der Waals surface area (Å²) in [6.07, 6.45) is 2.86. The zero-order valence-electron chi connectivity index (χ0n) is 8.59. The van der Waals surface area contributed by atoms with E-state index in [1.165, 1.54) is 16.9 Å². The lowest BCUT2D eigenvalue weighted by atomic mass is 10.2. The summed E-state index contributed by atoms with van der Waals surface area (Å²) in [5.41, 5.74) is -0.169. The van der Waals surface area contributed by atoms with Crippen molar-refractivity contribution in [3.8, 4) is 0 Å². The van der Waals surface area contributed by atoms with Crippen LogP contribution in [0, 0.1) is 0 Å². The lowest BCUT2D eigenvalue weighted by Gasteiger charge is -2.04. The van der Waals surface area contributed by atoms with E-state index in [2.05, 4.69) is 15.9 Å². The monoisotopic (exact) mass is 297 g/mol. The van der Waals surface area contributed by atoms with Crippen LogP contribution in [-0.2, 0) is 6.54 Å². The lowest BCUT2D eigenvalue weighted by molar-refractivity contribution is 0.0694. The topological polar surface area (TPSA) is 72.4 Å². The van der Waals surface area contributed by atoms with Crippen molar-refractivity contribution < 1.29 is 14.3 Å². The maximum Gasteiger partial charge on any atom is 0.339 e. The first-order valence-corrected chi connectivity index (χ1v) is 5.53. The molecule has 0 saturated heterocycles. The standard InChI is InChI=1S/C11H8BrNO4/c12-8-2-1-4-13(10(8)14)6-9-7(11(15)16)3-5-17-9/h1-5H,6H2,(H,15,16). The average Bonchev–Trinajstić information content (AvgIpc) is 2.73. The van der Waals surface area contributed by atoms with Gasteiger partial charge < -0.3 is 14.1 Å². The molecule has 0 aliphatic carbocycles. The Morgan fingerprint density at radius 1 is 1.47 bits per heavy atom. The summed E-state index contributed by atoms with van der Waals surface area (Å²) in [7, 11) is 0. The molecule has 6 heteroatoms. The van der Waals surface area contributed by atoms with Gasteiger partial charge in [-0.1, -0.05) is 0 Å². The van der Waals surface area contributed by atoms with Gasteiger partial charge >= 0.3 is 5.97 Å². The first-order valence-electron chi connectivity index (χ1n) is 4.74. The van der Waals surface area contributed by atoms with Crippen LogP contribution < -0.4 is 5.56 Å². The number of hydrogen-bond acceptors (Lipinski definition) is 3. The van der Waals surface area contributed by atoms with Crippen molar-refractivity contribution >= 4 is 21.9 Å². The van der Waals surface area contributed by atoms with Crippen molar-refractivity contribution in [3.63, 3.8) is 0 Å². The molecule has 0 radical (unpaired) electrons. The summed E-state index contributed by atoms with van der Waals surface area (Å²) in [5.74, 6) is -0.825. The number of aromatic nitrogens is 1. The van der Waals surface area contributed by atoms with Crippen molar-refractivity contribution in [1.29, 1.82) is 0 Å². The second-order valence-electron chi connectivity index (χ2n) is 3.35. The van der Waals surface area contributed by atoms with Crippen LogP contribution in [0.3, 0.4) is 0 Å². The third-order valence-corrected chi connectivity index (χ3v) is 2.87.